The van der Waals surface area contributed by atoms with Gasteiger partial charge in [0.25, 0.3) is 0 Å². The first-order valence-electron chi connectivity index (χ1n) is 7.42. The lowest BCUT2D eigenvalue weighted by atomic mass is 10.3. The van der Waals surface area contributed by atoms with E-state index < -0.39 is 5.91 Å². The van der Waals surface area contributed by atoms with Crippen LogP contribution in [0.15, 0.2) is 64.2 Å². The molecule has 0 aliphatic carbocycles. The molecule has 0 unspecified atom stereocenters. The summed E-state index contributed by atoms with van der Waals surface area (Å²) < 4.78 is 8.65. The lowest BCUT2D eigenvalue weighted by Crippen LogP contribution is -2.14. The molecule has 3 aromatic rings. The van der Waals surface area contributed by atoms with Crippen LogP contribution in [-0.2, 0) is 11.4 Å². The molecule has 0 bridgehead atoms. The quantitative estimate of drug-likeness (QED) is 0.595. The molecule has 2 N–H and O–H groups in total. The zero-order valence-corrected chi connectivity index (χ0v) is 15.5. The minimum Gasteiger partial charge on any atom is -0.486 e. The summed E-state index contributed by atoms with van der Waals surface area (Å²) in [5, 5.41) is 8.98. The molecule has 0 aliphatic heterocycles. The minimum absolute atomic E-state index is 0.137. The van der Waals surface area contributed by atoms with E-state index in [9.17, 15) is 4.79 Å². The Morgan fingerprint density at radius 1 is 1.12 bits per heavy atom. The van der Waals surface area contributed by atoms with Crippen LogP contribution in [0.2, 0.25) is 0 Å². The third-order valence-corrected chi connectivity index (χ3v) is 4.72. The Balaban J connectivity index is 1.85. The molecule has 1 amide bonds. The number of carbonyl (C=O) groups excluding carboxylic acids is 1. The largest absolute Gasteiger partial charge is 0.486 e. The maximum absolute atomic E-state index is 11.1. The number of carbonyl (C=O) groups is 1. The number of primary amides is 1. The maximum atomic E-state index is 11.1. The van der Waals surface area contributed by atoms with Gasteiger partial charge in [-0.3, -0.25) is 9.36 Å². The topological polar surface area (TPSA) is 83.0 Å². The number of halogens is 1. The van der Waals surface area contributed by atoms with E-state index in [2.05, 4.69) is 26.1 Å². The SMILES string of the molecule is NC(=O)CSc1nnc(COc2ccc(Br)cc2)n1-c1ccccc1. The van der Waals surface area contributed by atoms with Crippen LogP contribution in [0.25, 0.3) is 5.69 Å². The van der Waals surface area contributed by atoms with E-state index in [1.165, 1.54) is 11.8 Å². The molecule has 6 nitrogen and oxygen atoms in total. The summed E-state index contributed by atoms with van der Waals surface area (Å²) in [7, 11) is 0. The van der Waals surface area contributed by atoms with E-state index in [1.807, 2.05) is 59.2 Å². The van der Waals surface area contributed by atoms with Gasteiger partial charge in [0.05, 0.1) is 5.75 Å². The van der Waals surface area contributed by atoms with E-state index >= 15 is 0 Å². The predicted molar refractivity (Wildman–Crippen MR) is 99.8 cm³/mol. The number of ether oxygens (including phenoxy) is 1. The molecule has 0 fully saturated rings. The average molecular weight is 419 g/mol. The summed E-state index contributed by atoms with van der Waals surface area (Å²) in [6.45, 7) is 0.251. The summed E-state index contributed by atoms with van der Waals surface area (Å²) in [4.78, 5) is 11.1. The lowest BCUT2D eigenvalue weighted by molar-refractivity contribution is -0.115. The van der Waals surface area contributed by atoms with Crippen LogP contribution >= 0.6 is 27.7 Å². The van der Waals surface area contributed by atoms with Gasteiger partial charge in [0.1, 0.15) is 12.4 Å². The number of thioether (sulfide) groups is 1. The molecule has 0 radical (unpaired) electrons. The number of aromatic nitrogens is 3. The van der Waals surface area contributed by atoms with Gasteiger partial charge in [-0.1, -0.05) is 45.9 Å². The monoisotopic (exact) mass is 418 g/mol. The molecule has 8 heteroatoms. The number of nitrogens with two attached hydrogens (primary N) is 1. The summed E-state index contributed by atoms with van der Waals surface area (Å²) in [5.41, 5.74) is 6.13. The van der Waals surface area contributed by atoms with Crippen molar-refractivity contribution in [1.82, 2.24) is 14.8 Å². The van der Waals surface area contributed by atoms with Crippen molar-refractivity contribution < 1.29 is 9.53 Å². The van der Waals surface area contributed by atoms with E-state index in [-0.39, 0.29) is 12.4 Å². The van der Waals surface area contributed by atoms with Crippen molar-refractivity contribution in [2.24, 2.45) is 5.73 Å². The number of para-hydroxylation sites is 1. The Kier molecular flexibility index (Phi) is 5.72. The summed E-state index contributed by atoms with van der Waals surface area (Å²) in [5.74, 6) is 1.11. The van der Waals surface area contributed by atoms with Gasteiger partial charge in [0.15, 0.2) is 11.0 Å². The average Bonchev–Trinajstić information content (AvgIpc) is 3.03. The zero-order chi connectivity index (χ0) is 17.6. The molecule has 0 aliphatic rings. The molecular formula is C17H15BrN4O2S. The zero-order valence-electron chi connectivity index (χ0n) is 13.1. The third-order valence-electron chi connectivity index (χ3n) is 3.24. The number of hydrogen-bond acceptors (Lipinski definition) is 5. The molecular weight excluding hydrogens is 404 g/mol. The Morgan fingerprint density at radius 3 is 2.52 bits per heavy atom. The predicted octanol–water partition coefficient (Wildman–Crippen LogP) is 3.19. The molecule has 0 saturated heterocycles. The molecule has 0 spiro atoms. The van der Waals surface area contributed by atoms with Gasteiger partial charge in [-0.2, -0.15) is 0 Å². The van der Waals surface area contributed by atoms with Crippen molar-refractivity contribution in [2.75, 3.05) is 5.75 Å². The van der Waals surface area contributed by atoms with Gasteiger partial charge in [-0.05, 0) is 36.4 Å². The normalized spacial score (nSPS) is 10.6. The van der Waals surface area contributed by atoms with Crippen LogP contribution in [0.5, 0.6) is 5.75 Å². The maximum Gasteiger partial charge on any atom is 0.227 e. The third kappa shape index (κ3) is 4.61. The van der Waals surface area contributed by atoms with Crippen molar-refractivity contribution in [2.45, 2.75) is 11.8 Å². The Morgan fingerprint density at radius 2 is 1.84 bits per heavy atom. The summed E-state index contributed by atoms with van der Waals surface area (Å²) in [6, 6.07) is 17.2. The highest BCUT2D eigenvalue weighted by molar-refractivity contribution is 9.10. The number of nitrogens with zero attached hydrogens (tertiary/aromatic N) is 3. The van der Waals surface area contributed by atoms with Crippen molar-refractivity contribution in [3.8, 4) is 11.4 Å². The first-order valence-corrected chi connectivity index (χ1v) is 9.20. The standard InChI is InChI=1S/C17H15BrN4O2S/c18-12-6-8-14(9-7-12)24-10-16-20-21-17(25-11-15(19)23)22(16)13-4-2-1-3-5-13/h1-9H,10-11H2,(H2,19,23). The highest BCUT2D eigenvalue weighted by Crippen LogP contribution is 2.23. The highest BCUT2D eigenvalue weighted by Gasteiger charge is 2.15. The van der Waals surface area contributed by atoms with E-state index in [0.29, 0.717) is 11.0 Å². The van der Waals surface area contributed by atoms with Crippen molar-refractivity contribution >= 4 is 33.6 Å². The molecule has 2 aromatic carbocycles. The summed E-state index contributed by atoms with van der Waals surface area (Å²) in [6.07, 6.45) is 0. The second-order valence-corrected chi connectivity index (χ2v) is 6.93. The summed E-state index contributed by atoms with van der Waals surface area (Å²) >= 11 is 4.64. The highest BCUT2D eigenvalue weighted by atomic mass is 79.9. The lowest BCUT2D eigenvalue weighted by Gasteiger charge is -2.11. The Bertz CT molecular complexity index is 853. The second-order valence-electron chi connectivity index (χ2n) is 5.07. The van der Waals surface area contributed by atoms with Crippen LogP contribution in [-0.4, -0.2) is 26.4 Å². The second kappa shape index (κ2) is 8.17. The molecule has 1 aromatic heterocycles. The number of benzene rings is 2. The van der Waals surface area contributed by atoms with Crippen molar-refractivity contribution in [3.05, 3.63) is 64.9 Å². The number of hydrogen-bond donors (Lipinski definition) is 1. The van der Waals surface area contributed by atoms with Gasteiger partial charge >= 0.3 is 0 Å². The first kappa shape index (κ1) is 17.5. The first-order chi connectivity index (χ1) is 12.1. The fourth-order valence-corrected chi connectivity index (χ4v) is 3.11. The number of amides is 1. The molecule has 0 atom stereocenters. The Hall–Kier alpha value is -2.32. The molecule has 3 rings (SSSR count). The Labute approximate surface area is 157 Å². The fraction of sp³-hybridized carbons (Fsp3) is 0.118. The van der Waals surface area contributed by atoms with Crippen LogP contribution in [0.1, 0.15) is 5.82 Å². The van der Waals surface area contributed by atoms with Gasteiger partial charge < -0.3 is 10.5 Å². The van der Waals surface area contributed by atoms with Crippen LogP contribution in [0.4, 0.5) is 0 Å². The van der Waals surface area contributed by atoms with Crippen molar-refractivity contribution in [3.63, 3.8) is 0 Å². The smallest absolute Gasteiger partial charge is 0.227 e. The van der Waals surface area contributed by atoms with Gasteiger partial charge in [0, 0.05) is 10.2 Å². The van der Waals surface area contributed by atoms with Gasteiger partial charge in [0.2, 0.25) is 5.91 Å². The van der Waals surface area contributed by atoms with E-state index in [0.717, 1.165) is 15.9 Å². The molecule has 128 valence electrons. The van der Waals surface area contributed by atoms with Crippen LogP contribution in [0, 0.1) is 0 Å². The van der Waals surface area contributed by atoms with Gasteiger partial charge in [-0.25, -0.2) is 0 Å². The van der Waals surface area contributed by atoms with Crippen molar-refractivity contribution in [1.29, 1.82) is 0 Å². The van der Waals surface area contributed by atoms with Crippen LogP contribution in [0.3, 0.4) is 0 Å². The fourth-order valence-electron chi connectivity index (χ4n) is 2.14. The van der Waals surface area contributed by atoms with E-state index in [4.69, 9.17) is 10.5 Å². The van der Waals surface area contributed by atoms with Crippen LogP contribution < -0.4 is 10.5 Å². The van der Waals surface area contributed by atoms with Gasteiger partial charge in [-0.15, -0.1) is 10.2 Å². The molecule has 1 heterocycles. The molecule has 0 saturated carbocycles. The molecule has 25 heavy (non-hydrogen) atoms. The minimum atomic E-state index is -0.403. The number of rotatable bonds is 7. The van der Waals surface area contributed by atoms with E-state index in [1.54, 1.807) is 0 Å².